The van der Waals surface area contributed by atoms with Gasteiger partial charge in [0.1, 0.15) is 4.90 Å². The lowest BCUT2D eigenvalue weighted by Gasteiger charge is -2.09. The van der Waals surface area contributed by atoms with Gasteiger partial charge < -0.3 is 4.98 Å². The highest BCUT2D eigenvalue weighted by Crippen LogP contribution is 2.21. The van der Waals surface area contributed by atoms with Crippen LogP contribution < -0.4 is 4.72 Å². The van der Waals surface area contributed by atoms with Crippen LogP contribution in [0.25, 0.3) is 10.9 Å². The van der Waals surface area contributed by atoms with Crippen LogP contribution >= 0.6 is 12.2 Å². The lowest BCUT2D eigenvalue weighted by molar-refractivity contribution is 0.600. The maximum absolute atomic E-state index is 12.5. The first kappa shape index (κ1) is 13.8. The number of anilines is 1. The molecule has 0 bridgehead atoms. The number of H-pyrrole nitrogens is 1. The summed E-state index contributed by atoms with van der Waals surface area (Å²) in [6, 6.07) is 16.1. The Morgan fingerprint density at radius 1 is 0.952 bits per heavy atom. The number of aromatic amines is 1. The number of rotatable bonds is 3. The maximum Gasteiger partial charge on any atom is 0.264 e. The van der Waals surface area contributed by atoms with Crippen LogP contribution in [0.15, 0.2) is 65.7 Å². The second-order valence-corrected chi connectivity index (χ2v) is 6.56. The van der Waals surface area contributed by atoms with Gasteiger partial charge >= 0.3 is 0 Å². The molecule has 0 saturated heterocycles. The third-order valence-electron chi connectivity index (χ3n) is 3.07. The van der Waals surface area contributed by atoms with Crippen molar-refractivity contribution < 1.29 is 8.42 Å². The number of pyridine rings is 1. The fraction of sp³-hybridized carbons (Fsp3) is 0. The van der Waals surface area contributed by atoms with Crippen molar-refractivity contribution in [1.82, 2.24) is 4.98 Å². The molecule has 0 saturated carbocycles. The van der Waals surface area contributed by atoms with E-state index in [-0.39, 0.29) is 4.90 Å². The zero-order valence-electron chi connectivity index (χ0n) is 10.9. The summed E-state index contributed by atoms with van der Waals surface area (Å²) in [4.78, 5) is 3.04. The predicted octanol–water partition coefficient (Wildman–Crippen LogP) is 3.70. The third-order valence-corrected chi connectivity index (χ3v) is 5.04. The van der Waals surface area contributed by atoms with Gasteiger partial charge in [-0.3, -0.25) is 4.72 Å². The first-order chi connectivity index (χ1) is 10.1. The highest BCUT2D eigenvalue weighted by Gasteiger charge is 2.17. The van der Waals surface area contributed by atoms with Gasteiger partial charge in [-0.05, 0) is 18.2 Å². The second-order valence-electron chi connectivity index (χ2n) is 4.50. The Kier molecular flexibility index (Phi) is 3.48. The third kappa shape index (κ3) is 2.68. The summed E-state index contributed by atoms with van der Waals surface area (Å²) in [5.74, 6) is 0. The number of aromatic nitrogens is 1. The van der Waals surface area contributed by atoms with Gasteiger partial charge in [0.2, 0.25) is 0 Å². The van der Waals surface area contributed by atoms with Gasteiger partial charge in [-0.15, -0.1) is 0 Å². The first-order valence-corrected chi connectivity index (χ1v) is 8.15. The van der Waals surface area contributed by atoms with Gasteiger partial charge in [0.15, 0.2) is 0 Å². The minimum absolute atomic E-state index is 0.0695. The van der Waals surface area contributed by atoms with E-state index in [0.29, 0.717) is 15.6 Å². The molecule has 3 aromatic rings. The van der Waals surface area contributed by atoms with Gasteiger partial charge in [0, 0.05) is 22.8 Å². The van der Waals surface area contributed by atoms with Crippen LogP contribution in [0.3, 0.4) is 0 Å². The van der Waals surface area contributed by atoms with Gasteiger partial charge in [-0.2, -0.15) is 0 Å². The Hall–Kier alpha value is -2.18. The SMILES string of the molecule is O=S(=O)(Nc1ccccc1)c1c[nH]c2ccccc2c1=S. The standard InChI is InChI=1S/C15H12N2O2S2/c18-21(19,17-11-6-2-1-3-7-11)14-10-16-13-9-5-4-8-12(13)15(14)20/h1-10,17H,(H,16,20). The molecule has 1 heterocycles. The van der Waals surface area contributed by atoms with E-state index in [1.165, 1.54) is 6.20 Å². The van der Waals surface area contributed by atoms with E-state index < -0.39 is 10.0 Å². The molecule has 21 heavy (non-hydrogen) atoms. The molecule has 1 aromatic heterocycles. The molecule has 0 unspecified atom stereocenters. The van der Waals surface area contributed by atoms with Crippen molar-refractivity contribution >= 4 is 38.8 Å². The van der Waals surface area contributed by atoms with E-state index in [9.17, 15) is 8.42 Å². The van der Waals surface area contributed by atoms with Crippen molar-refractivity contribution in [3.8, 4) is 0 Å². The van der Waals surface area contributed by atoms with Crippen LogP contribution in [0, 0.1) is 4.51 Å². The van der Waals surface area contributed by atoms with Crippen molar-refractivity contribution in [2.75, 3.05) is 4.72 Å². The Bertz CT molecular complexity index is 948. The summed E-state index contributed by atoms with van der Waals surface area (Å²) in [5, 5.41) is 0.712. The molecule has 3 rings (SSSR count). The van der Waals surface area contributed by atoms with E-state index >= 15 is 0 Å². The fourth-order valence-electron chi connectivity index (χ4n) is 2.06. The number of hydrogen-bond acceptors (Lipinski definition) is 3. The highest BCUT2D eigenvalue weighted by atomic mass is 32.2. The Labute approximate surface area is 127 Å². The summed E-state index contributed by atoms with van der Waals surface area (Å²) in [6.45, 7) is 0. The van der Waals surface area contributed by atoms with Gasteiger partial charge in [0.25, 0.3) is 10.0 Å². The number of sulfonamides is 1. The minimum atomic E-state index is -3.72. The van der Waals surface area contributed by atoms with Crippen molar-refractivity contribution in [2.24, 2.45) is 0 Å². The normalized spacial score (nSPS) is 11.4. The van der Waals surface area contributed by atoms with Crippen molar-refractivity contribution in [3.05, 3.63) is 65.3 Å². The summed E-state index contributed by atoms with van der Waals surface area (Å²) >= 11 is 5.32. The lowest BCUT2D eigenvalue weighted by atomic mass is 10.2. The zero-order chi connectivity index (χ0) is 14.9. The predicted molar refractivity (Wildman–Crippen MR) is 86.4 cm³/mol. The molecule has 0 aliphatic heterocycles. The number of fused-ring (bicyclic) bond motifs is 1. The van der Waals surface area contributed by atoms with Crippen LogP contribution in [0.2, 0.25) is 0 Å². The second kappa shape index (κ2) is 5.31. The van der Waals surface area contributed by atoms with Crippen molar-refractivity contribution in [1.29, 1.82) is 0 Å². The number of benzene rings is 2. The average molecular weight is 316 g/mol. The largest absolute Gasteiger partial charge is 0.360 e. The van der Waals surface area contributed by atoms with Gasteiger partial charge in [-0.1, -0.05) is 48.6 Å². The molecular weight excluding hydrogens is 304 g/mol. The molecule has 4 nitrogen and oxygen atoms in total. The number of nitrogens with one attached hydrogen (secondary N) is 2. The molecule has 2 N–H and O–H groups in total. The minimum Gasteiger partial charge on any atom is -0.360 e. The lowest BCUT2D eigenvalue weighted by Crippen LogP contribution is -2.13. The fourth-order valence-corrected chi connectivity index (χ4v) is 3.75. The Morgan fingerprint density at radius 3 is 2.38 bits per heavy atom. The van der Waals surface area contributed by atoms with Crippen LogP contribution in [-0.2, 0) is 10.0 Å². The molecule has 6 heteroatoms. The van der Waals surface area contributed by atoms with Crippen molar-refractivity contribution in [3.63, 3.8) is 0 Å². The summed E-state index contributed by atoms with van der Waals surface area (Å²) in [6.07, 6.45) is 1.43. The first-order valence-electron chi connectivity index (χ1n) is 6.26. The molecule has 0 radical (unpaired) electrons. The molecule has 0 spiro atoms. The quantitative estimate of drug-likeness (QED) is 0.724. The molecule has 0 atom stereocenters. The van der Waals surface area contributed by atoms with Crippen LogP contribution in [0.1, 0.15) is 0 Å². The van der Waals surface area contributed by atoms with Gasteiger partial charge in [0.05, 0.1) is 4.51 Å². The Morgan fingerprint density at radius 2 is 1.62 bits per heavy atom. The Balaban J connectivity index is 2.11. The molecule has 0 amide bonds. The van der Waals surface area contributed by atoms with E-state index in [4.69, 9.17) is 12.2 Å². The molecule has 0 aliphatic rings. The summed E-state index contributed by atoms with van der Waals surface area (Å²) < 4.78 is 27.8. The van der Waals surface area contributed by atoms with Gasteiger partial charge in [-0.25, -0.2) is 8.42 Å². The van der Waals surface area contributed by atoms with Crippen LogP contribution in [0.4, 0.5) is 5.69 Å². The molecule has 106 valence electrons. The van der Waals surface area contributed by atoms with Crippen LogP contribution in [-0.4, -0.2) is 13.4 Å². The van der Waals surface area contributed by atoms with E-state index in [0.717, 1.165) is 5.52 Å². The smallest absolute Gasteiger partial charge is 0.264 e. The van der Waals surface area contributed by atoms with E-state index in [1.807, 2.05) is 24.3 Å². The van der Waals surface area contributed by atoms with E-state index in [2.05, 4.69) is 9.71 Å². The molecule has 0 fully saturated rings. The molecule has 0 aliphatic carbocycles. The van der Waals surface area contributed by atoms with Crippen LogP contribution in [0.5, 0.6) is 0 Å². The highest BCUT2D eigenvalue weighted by molar-refractivity contribution is 7.93. The monoisotopic (exact) mass is 316 g/mol. The average Bonchev–Trinajstić information content (AvgIpc) is 2.48. The topological polar surface area (TPSA) is 62.0 Å². The zero-order valence-corrected chi connectivity index (χ0v) is 12.5. The molecule has 2 aromatic carbocycles. The molecular formula is C15H12N2O2S2. The van der Waals surface area contributed by atoms with E-state index in [1.54, 1.807) is 30.3 Å². The maximum atomic E-state index is 12.5. The number of hydrogen-bond donors (Lipinski definition) is 2. The summed E-state index contributed by atoms with van der Waals surface area (Å²) in [7, 11) is -3.72. The van der Waals surface area contributed by atoms with Crippen molar-refractivity contribution in [2.45, 2.75) is 4.90 Å². The number of para-hydroxylation sites is 2. The summed E-state index contributed by atoms with van der Waals surface area (Å²) in [5.41, 5.74) is 1.31.